The van der Waals surface area contributed by atoms with E-state index in [1.807, 2.05) is 42.5 Å². The number of ether oxygens (including phenoxy) is 1. The second kappa shape index (κ2) is 6.76. The van der Waals surface area contributed by atoms with Gasteiger partial charge < -0.3 is 19.6 Å². The number of carbonyl (C=O) groups is 2. The number of benzene rings is 2. The fourth-order valence-electron chi connectivity index (χ4n) is 3.18. The van der Waals surface area contributed by atoms with Crippen LogP contribution in [0.3, 0.4) is 0 Å². The number of hydrogen-bond donors (Lipinski definition) is 1. The van der Waals surface area contributed by atoms with E-state index in [-0.39, 0.29) is 24.5 Å². The first kappa shape index (κ1) is 17.3. The lowest BCUT2D eigenvalue weighted by molar-refractivity contribution is -0.138. The van der Waals surface area contributed by atoms with Gasteiger partial charge in [0.2, 0.25) is 0 Å². The first-order chi connectivity index (χ1) is 12.5. The maximum atomic E-state index is 12.2. The van der Waals surface area contributed by atoms with Gasteiger partial charge >= 0.3 is 11.9 Å². The Bertz CT molecular complexity index is 974. The van der Waals surface area contributed by atoms with E-state index < -0.39 is 11.9 Å². The second-order valence-electron chi connectivity index (χ2n) is 5.72. The largest absolute Gasteiger partial charge is 0.480 e. The number of hydrogen-bond acceptors (Lipinski definition) is 6. The maximum absolute atomic E-state index is 12.2. The van der Waals surface area contributed by atoms with Crippen molar-refractivity contribution >= 4 is 34.1 Å². The highest BCUT2D eigenvalue weighted by atomic mass is 16.5. The zero-order valence-corrected chi connectivity index (χ0v) is 14.4. The molecule has 1 aliphatic heterocycles. The highest BCUT2D eigenvalue weighted by Gasteiger charge is 2.36. The Morgan fingerprint density at radius 2 is 1.96 bits per heavy atom. The third-order valence-corrected chi connectivity index (χ3v) is 4.19. The zero-order valence-electron chi connectivity index (χ0n) is 14.4. The molecular formula is C19H17N3O4. The number of anilines is 2. The zero-order chi connectivity index (χ0) is 18.8. The van der Waals surface area contributed by atoms with Gasteiger partial charge in [-0.1, -0.05) is 30.3 Å². The molecule has 7 nitrogen and oxygen atoms in total. The quantitative estimate of drug-likeness (QED) is 0.514. The topological polar surface area (TPSA) is 93.9 Å². The SMILES string of the molecule is CCOC(=O)/C(C#N)=C1/N(C)c2ccc3ccccc3c2N1CC(=O)O. The van der Waals surface area contributed by atoms with Crippen molar-refractivity contribution in [3.05, 3.63) is 47.8 Å². The summed E-state index contributed by atoms with van der Waals surface area (Å²) in [5.74, 6) is -1.64. The standard InChI is InChI=1S/C19H17N3O4/c1-3-26-19(25)14(10-20)18-21(2)15-9-8-12-6-4-5-7-13(12)17(15)22(18)11-16(23)24/h4-9H,3,11H2,1-2H3,(H,23,24)/b18-14-. The van der Waals surface area contributed by atoms with Crippen LogP contribution in [-0.4, -0.2) is 37.2 Å². The maximum Gasteiger partial charge on any atom is 0.352 e. The lowest BCUT2D eigenvalue weighted by atomic mass is 10.1. The van der Waals surface area contributed by atoms with Gasteiger partial charge in [0.25, 0.3) is 0 Å². The molecule has 2 aromatic rings. The number of rotatable bonds is 4. The molecule has 0 radical (unpaired) electrons. The van der Waals surface area contributed by atoms with Gasteiger partial charge in [0, 0.05) is 12.4 Å². The number of fused-ring (bicyclic) bond motifs is 3. The van der Waals surface area contributed by atoms with Gasteiger partial charge in [0.05, 0.1) is 18.0 Å². The Hall–Kier alpha value is -3.53. The number of esters is 1. The molecule has 0 saturated heterocycles. The average molecular weight is 351 g/mol. The summed E-state index contributed by atoms with van der Waals surface area (Å²) in [6.45, 7) is 1.38. The van der Waals surface area contributed by atoms with E-state index in [1.54, 1.807) is 18.9 Å². The van der Waals surface area contributed by atoms with Crippen LogP contribution in [0.4, 0.5) is 11.4 Å². The van der Waals surface area contributed by atoms with Crippen LogP contribution in [0.1, 0.15) is 6.92 Å². The van der Waals surface area contributed by atoms with Crippen LogP contribution >= 0.6 is 0 Å². The van der Waals surface area contributed by atoms with Crippen LogP contribution in [0, 0.1) is 11.3 Å². The van der Waals surface area contributed by atoms with Crippen molar-refractivity contribution in [3.8, 4) is 6.07 Å². The van der Waals surface area contributed by atoms with E-state index in [9.17, 15) is 20.0 Å². The highest BCUT2D eigenvalue weighted by Crippen LogP contribution is 2.46. The summed E-state index contributed by atoms with van der Waals surface area (Å²) in [5, 5.41) is 20.7. The molecule has 0 atom stereocenters. The minimum Gasteiger partial charge on any atom is -0.480 e. The van der Waals surface area contributed by atoms with Crippen molar-refractivity contribution in [1.82, 2.24) is 0 Å². The molecule has 1 heterocycles. The molecule has 2 aromatic carbocycles. The molecule has 1 N–H and O–H groups in total. The van der Waals surface area contributed by atoms with Gasteiger partial charge in [-0.05, 0) is 18.4 Å². The molecular weight excluding hydrogens is 334 g/mol. The fourth-order valence-corrected chi connectivity index (χ4v) is 3.18. The third kappa shape index (κ3) is 2.71. The number of nitrogens with zero attached hydrogens (tertiary/aromatic N) is 3. The average Bonchev–Trinajstić information content (AvgIpc) is 2.88. The predicted octanol–water partition coefficient (Wildman–Crippen LogP) is 2.48. The van der Waals surface area contributed by atoms with Crippen molar-refractivity contribution < 1.29 is 19.4 Å². The summed E-state index contributed by atoms with van der Waals surface area (Å²) < 4.78 is 4.98. The van der Waals surface area contributed by atoms with E-state index in [2.05, 4.69) is 0 Å². The molecule has 132 valence electrons. The van der Waals surface area contributed by atoms with Crippen LogP contribution < -0.4 is 9.80 Å². The summed E-state index contributed by atoms with van der Waals surface area (Å²) in [5.41, 5.74) is 1.15. The number of carboxylic acid groups (broad SMARTS) is 1. The summed E-state index contributed by atoms with van der Waals surface area (Å²) in [6, 6.07) is 13.2. The number of carbonyl (C=O) groups excluding carboxylic acids is 1. The molecule has 0 aliphatic carbocycles. The third-order valence-electron chi connectivity index (χ3n) is 4.19. The van der Waals surface area contributed by atoms with Crippen molar-refractivity contribution in [1.29, 1.82) is 5.26 Å². The molecule has 26 heavy (non-hydrogen) atoms. The lowest BCUT2D eigenvalue weighted by Gasteiger charge is -2.22. The van der Waals surface area contributed by atoms with E-state index in [1.165, 1.54) is 4.90 Å². The monoisotopic (exact) mass is 351 g/mol. The number of nitriles is 1. The molecule has 0 unspecified atom stereocenters. The minimum absolute atomic E-state index is 0.121. The lowest BCUT2D eigenvalue weighted by Crippen LogP contribution is -2.33. The first-order valence-electron chi connectivity index (χ1n) is 8.05. The molecule has 7 heteroatoms. The Morgan fingerprint density at radius 3 is 2.62 bits per heavy atom. The number of aliphatic carboxylic acids is 1. The van der Waals surface area contributed by atoms with Crippen LogP contribution in [0.15, 0.2) is 47.8 Å². The molecule has 0 aromatic heterocycles. The van der Waals surface area contributed by atoms with Crippen molar-refractivity contribution in [2.75, 3.05) is 30.0 Å². The molecule has 0 saturated carbocycles. The summed E-state index contributed by atoms with van der Waals surface area (Å²) >= 11 is 0. The predicted molar refractivity (Wildman–Crippen MR) is 96.6 cm³/mol. The van der Waals surface area contributed by atoms with Gasteiger partial charge in [-0.25, -0.2) is 4.79 Å². The van der Waals surface area contributed by atoms with E-state index >= 15 is 0 Å². The van der Waals surface area contributed by atoms with Crippen LogP contribution in [-0.2, 0) is 14.3 Å². The normalized spacial score (nSPS) is 14.8. The van der Waals surface area contributed by atoms with E-state index in [0.717, 1.165) is 16.5 Å². The summed E-state index contributed by atoms with van der Waals surface area (Å²) in [4.78, 5) is 26.9. The molecule has 0 spiro atoms. The highest BCUT2D eigenvalue weighted by molar-refractivity contribution is 6.07. The molecule has 0 fully saturated rings. The summed E-state index contributed by atoms with van der Waals surface area (Å²) in [6.07, 6.45) is 0. The fraction of sp³-hybridized carbons (Fsp3) is 0.211. The molecule has 0 bridgehead atoms. The van der Waals surface area contributed by atoms with Crippen molar-refractivity contribution in [3.63, 3.8) is 0 Å². The number of carboxylic acids is 1. The minimum atomic E-state index is -1.07. The van der Waals surface area contributed by atoms with Gasteiger partial charge in [0.15, 0.2) is 5.57 Å². The molecule has 3 rings (SSSR count). The van der Waals surface area contributed by atoms with Crippen LogP contribution in [0.5, 0.6) is 0 Å². The Kier molecular flexibility index (Phi) is 4.50. The first-order valence-corrected chi connectivity index (χ1v) is 8.05. The van der Waals surface area contributed by atoms with Gasteiger partial charge in [-0.2, -0.15) is 5.26 Å². The molecule has 1 aliphatic rings. The Balaban J connectivity index is 2.30. The van der Waals surface area contributed by atoms with E-state index in [0.29, 0.717) is 5.69 Å². The van der Waals surface area contributed by atoms with E-state index in [4.69, 9.17) is 4.74 Å². The Labute approximate surface area is 150 Å². The Morgan fingerprint density at radius 1 is 1.23 bits per heavy atom. The van der Waals surface area contributed by atoms with Crippen molar-refractivity contribution in [2.45, 2.75) is 6.92 Å². The van der Waals surface area contributed by atoms with Crippen LogP contribution in [0.2, 0.25) is 0 Å². The smallest absolute Gasteiger partial charge is 0.352 e. The second-order valence-corrected chi connectivity index (χ2v) is 5.72. The van der Waals surface area contributed by atoms with Gasteiger partial charge in [0.1, 0.15) is 18.4 Å². The van der Waals surface area contributed by atoms with Crippen molar-refractivity contribution in [2.24, 2.45) is 0 Å². The summed E-state index contributed by atoms with van der Waals surface area (Å²) in [7, 11) is 1.70. The van der Waals surface area contributed by atoms with Gasteiger partial charge in [-0.3, -0.25) is 4.79 Å². The molecule has 0 amide bonds. The van der Waals surface area contributed by atoms with Gasteiger partial charge in [-0.15, -0.1) is 0 Å². The van der Waals surface area contributed by atoms with Crippen LogP contribution in [0.25, 0.3) is 10.8 Å².